The number of carbonyl (C=O) groups excluding carboxylic acids is 2. The van der Waals surface area contributed by atoms with E-state index >= 15 is 0 Å². The smallest absolute Gasteiger partial charge is 0.309 e. The van der Waals surface area contributed by atoms with Gasteiger partial charge in [0, 0.05) is 33.5 Å². The van der Waals surface area contributed by atoms with E-state index < -0.39 is 11.4 Å². The van der Waals surface area contributed by atoms with Crippen LogP contribution in [0, 0.1) is 5.41 Å². The van der Waals surface area contributed by atoms with E-state index in [-0.39, 0.29) is 31.2 Å². The second-order valence-electron chi connectivity index (χ2n) is 4.60. The summed E-state index contributed by atoms with van der Waals surface area (Å²) in [5.74, 6) is -1.44. The van der Waals surface area contributed by atoms with Gasteiger partial charge in [0.25, 0.3) is 0 Å². The van der Waals surface area contributed by atoms with Crippen molar-refractivity contribution in [2.24, 2.45) is 5.41 Å². The number of amides is 2. The van der Waals surface area contributed by atoms with Gasteiger partial charge in [-0.1, -0.05) is 0 Å². The molecule has 2 N–H and O–H groups in total. The standard InChI is InChI=1S/C11H20N2O4/c1-11(2,10(16)17)7-9(15)13(4)6-5-8(14)12-3/h5-7H2,1-4H3,(H,12,14)(H,16,17). The molecular formula is C11H20N2O4. The molecule has 0 atom stereocenters. The first-order chi connectivity index (χ1) is 7.70. The van der Waals surface area contributed by atoms with Gasteiger partial charge in [-0.25, -0.2) is 0 Å². The van der Waals surface area contributed by atoms with Gasteiger partial charge in [0.05, 0.1) is 5.41 Å². The Morgan fingerprint density at radius 1 is 1.29 bits per heavy atom. The van der Waals surface area contributed by atoms with Crippen LogP contribution < -0.4 is 5.32 Å². The Balaban J connectivity index is 4.23. The maximum atomic E-state index is 11.7. The molecule has 17 heavy (non-hydrogen) atoms. The lowest BCUT2D eigenvalue weighted by Crippen LogP contribution is -2.36. The first kappa shape index (κ1) is 15.4. The lowest BCUT2D eigenvalue weighted by Gasteiger charge is -2.23. The molecule has 0 radical (unpaired) electrons. The summed E-state index contributed by atoms with van der Waals surface area (Å²) in [6, 6.07) is 0. The summed E-state index contributed by atoms with van der Waals surface area (Å²) < 4.78 is 0. The third-order valence-corrected chi connectivity index (χ3v) is 2.55. The van der Waals surface area contributed by atoms with Crippen molar-refractivity contribution >= 4 is 17.8 Å². The first-order valence-electron chi connectivity index (χ1n) is 5.38. The lowest BCUT2D eigenvalue weighted by atomic mass is 9.89. The number of carboxylic acids is 1. The highest BCUT2D eigenvalue weighted by atomic mass is 16.4. The molecular weight excluding hydrogens is 224 g/mol. The Labute approximate surface area is 101 Å². The minimum Gasteiger partial charge on any atom is -0.481 e. The SMILES string of the molecule is CNC(=O)CCN(C)C(=O)CC(C)(C)C(=O)O. The van der Waals surface area contributed by atoms with E-state index in [9.17, 15) is 14.4 Å². The zero-order valence-corrected chi connectivity index (χ0v) is 10.7. The molecule has 0 aliphatic rings. The van der Waals surface area contributed by atoms with Gasteiger partial charge in [-0.3, -0.25) is 14.4 Å². The number of hydrogen-bond donors (Lipinski definition) is 2. The largest absolute Gasteiger partial charge is 0.481 e. The number of rotatable bonds is 6. The van der Waals surface area contributed by atoms with E-state index in [1.165, 1.54) is 25.8 Å². The molecule has 0 rings (SSSR count). The normalized spacial score (nSPS) is 10.8. The van der Waals surface area contributed by atoms with Gasteiger partial charge >= 0.3 is 5.97 Å². The monoisotopic (exact) mass is 244 g/mol. The van der Waals surface area contributed by atoms with Crippen LogP contribution in [0.15, 0.2) is 0 Å². The van der Waals surface area contributed by atoms with E-state index in [1.807, 2.05) is 0 Å². The molecule has 0 aliphatic heterocycles. The maximum Gasteiger partial charge on any atom is 0.309 e. The number of carboxylic acid groups (broad SMARTS) is 1. The molecule has 0 aromatic rings. The van der Waals surface area contributed by atoms with Crippen LogP contribution in [-0.2, 0) is 14.4 Å². The molecule has 0 saturated carbocycles. The number of carbonyl (C=O) groups is 3. The average molecular weight is 244 g/mol. The molecule has 0 aromatic heterocycles. The number of nitrogens with zero attached hydrogens (tertiary/aromatic N) is 1. The Hall–Kier alpha value is -1.59. The summed E-state index contributed by atoms with van der Waals surface area (Å²) >= 11 is 0. The summed E-state index contributed by atoms with van der Waals surface area (Å²) in [5.41, 5.74) is -1.08. The second kappa shape index (κ2) is 6.22. The zero-order chi connectivity index (χ0) is 13.6. The third-order valence-electron chi connectivity index (χ3n) is 2.55. The van der Waals surface area contributed by atoms with Crippen molar-refractivity contribution in [2.75, 3.05) is 20.6 Å². The van der Waals surface area contributed by atoms with Crippen LogP contribution in [0.3, 0.4) is 0 Å². The van der Waals surface area contributed by atoms with Gasteiger partial charge in [-0.2, -0.15) is 0 Å². The molecule has 6 heteroatoms. The molecule has 0 aliphatic carbocycles. The van der Waals surface area contributed by atoms with Crippen LogP contribution in [0.25, 0.3) is 0 Å². The van der Waals surface area contributed by atoms with Gasteiger partial charge < -0.3 is 15.3 Å². The summed E-state index contributed by atoms with van der Waals surface area (Å²) in [5, 5.41) is 11.3. The predicted molar refractivity (Wildman–Crippen MR) is 62.4 cm³/mol. The molecule has 0 saturated heterocycles. The van der Waals surface area contributed by atoms with Crippen molar-refractivity contribution < 1.29 is 19.5 Å². The zero-order valence-electron chi connectivity index (χ0n) is 10.7. The first-order valence-corrected chi connectivity index (χ1v) is 5.38. The van der Waals surface area contributed by atoms with Gasteiger partial charge in [-0.15, -0.1) is 0 Å². The van der Waals surface area contributed by atoms with E-state index in [1.54, 1.807) is 7.05 Å². The fourth-order valence-electron chi connectivity index (χ4n) is 1.11. The second-order valence-corrected chi connectivity index (χ2v) is 4.60. The minimum absolute atomic E-state index is 0.0768. The summed E-state index contributed by atoms with van der Waals surface area (Å²) in [6.45, 7) is 3.29. The molecule has 0 unspecified atom stereocenters. The Bertz CT molecular complexity index is 313. The molecule has 0 heterocycles. The van der Waals surface area contributed by atoms with Gasteiger partial charge in [-0.05, 0) is 13.8 Å². The number of aliphatic carboxylic acids is 1. The topological polar surface area (TPSA) is 86.7 Å². The third kappa shape index (κ3) is 5.33. The molecule has 2 amide bonds. The van der Waals surface area contributed by atoms with Crippen LogP contribution in [0.4, 0.5) is 0 Å². The Morgan fingerprint density at radius 2 is 1.82 bits per heavy atom. The number of hydrogen-bond acceptors (Lipinski definition) is 3. The fourth-order valence-corrected chi connectivity index (χ4v) is 1.11. The fraction of sp³-hybridized carbons (Fsp3) is 0.727. The molecule has 0 fully saturated rings. The highest BCUT2D eigenvalue weighted by Gasteiger charge is 2.31. The average Bonchev–Trinajstić information content (AvgIpc) is 2.24. The molecule has 0 spiro atoms. The summed E-state index contributed by atoms with van der Waals surface area (Å²) in [6.07, 6.45) is 0.138. The highest BCUT2D eigenvalue weighted by Crippen LogP contribution is 2.21. The van der Waals surface area contributed by atoms with Crippen molar-refractivity contribution in [3.63, 3.8) is 0 Å². The lowest BCUT2D eigenvalue weighted by molar-refractivity contribution is -0.151. The van der Waals surface area contributed by atoms with Gasteiger partial charge in [0.15, 0.2) is 0 Å². The van der Waals surface area contributed by atoms with E-state index in [2.05, 4.69) is 5.32 Å². The van der Waals surface area contributed by atoms with Gasteiger partial charge in [0.2, 0.25) is 11.8 Å². The summed E-state index contributed by atoms with van der Waals surface area (Å²) in [4.78, 5) is 34.9. The quantitative estimate of drug-likeness (QED) is 0.693. The van der Waals surface area contributed by atoms with Crippen LogP contribution >= 0.6 is 0 Å². The van der Waals surface area contributed by atoms with Crippen LogP contribution in [0.2, 0.25) is 0 Å². The van der Waals surface area contributed by atoms with Crippen LogP contribution in [-0.4, -0.2) is 48.4 Å². The van der Waals surface area contributed by atoms with Crippen molar-refractivity contribution in [3.8, 4) is 0 Å². The number of nitrogens with one attached hydrogen (secondary N) is 1. The Morgan fingerprint density at radius 3 is 2.24 bits per heavy atom. The molecule has 6 nitrogen and oxygen atoms in total. The minimum atomic E-state index is -1.08. The summed E-state index contributed by atoms with van der Waals surface area (Å²) in [7, 11) is 3.08. The maximum absolute atomic E-state index is 11.7. The van der Waals surface area contributed by atoms with E-state index in [0.717, 1.165) is 0 Å². The predicted octanol–water partition coefficient (Wildman–Crippen LogP) is 0.0818. The van der Waals surface area contributed by atoms with E-state index in [0.29, 0.717) is 0 Å². The molecule has 0 aromatic carbocycles. The van der Waals surface area contributed by atoms with Crippen LogP contribution in [0.5, 0.6) is 0 Å². The van der Waals surface area contributed by atoms with Crippen molar-refractivity contribution in [1.29, 1.82) is 0 Å². The molecule has 98 valence electrons. The van der Waals surface area contributed by atoms with Crippen molar-refractivity contribution in [3.05, 3.63) is 0 Å². The Kier molecular flexibility index (Phi) is 5.64. The van der Waals surface area contributed by atoms with Crippen molar-refractivity contribution in [2.45, 2.75) is 26.7 Å². The van der Waals surface area contributed by atoms with Crippen molar-refractivity contribution in [1.82, 2.24) is 10.2 Å². The van der Waals surface area contributed by atoms with E-state index in [4.69, 9.17) is 5.11 Å². The molecule has 0 bridgehead atoms. The highest BCUT2D eigenvalue weighted by molar-refractivity contribution is 5.84. The van der Waals surface area contributed by atoms with Gasteiger partial charge in [0.1, 0.15) is 0 Å². The van der Waals surface area contributed by atoms with Crippen LogP contribution in [0.1, 0.15) is 26.7 Å².